The van der Waals surface area contributed by atoms with Crippen LogP contribution in [-0.2, 0) is 7.05 Å². The van der Waals surface area contributed by atoms with Gasteiger partial charge in [-0.15, -0.1) is 0 Å². The van der Waals surface area contributed by atoms with E-state index in [0.717, 1.165) is 49.5 Å². The molecule has 6 heteroatoms. The molecule has 140 valence electrons. The first-order chi connectivity index (χ1) is 13.7. The van der Waals surface area contributed by atoms with Gasteiger partial charge < -0.3 is 14.8 Å². The number of anilines is 2. The molecule has 0 amide bonds. The Bertz CT molecular complexity index is 1190. The van der Waals surface area contributed by atoms with E-state index >= 15 is 0 Å². The van der Waals surface area contributed by atoms with E-state index in [9.17, 15) is 0 Å². The first-order valence-electron chi connectivity index (χ1n) is 9.08. The number of para-hydroxylation sites is 1. The lowest BCUT2D eigenvalue weighted by atomic mass is 10.0. The summed E-state index contributed by atoms with van der Waals surface area (Å²) in [6.45, 7) is 1.17. The SMILES string of the molecule is Cn1nc(Nc2cccc(-c3ccc4c(c3)OCCO4)c2Br)c2ccccc21. The fourth-order valence-corrected chi connectivity index (χ4v) is 4.09. The number of benzene rings is 3. The van der Waals surface area contributed by atoms with E-state index in [-0.39, 0.29) is 0 Å². The summed E-state index contributed by atoms with van der Waals surface area (Å²) in [6, 6.07) is 20.4. The van der Waals surface area contributed by atoms with Crippen molar-refractivity contribution >= 4 is 38.3 Å². The summed E-state index contributed by atoms with van der Waals surface area (Å²) < 4.78 is 14.2. The Labute approximate surface area is 171 Å². The second-order valence-electron chi connectivity index (χ2n) is 6.64. The minimum absolute atomic E-state index is 0.575. The van der Waals surface area contributed by atoms with Gasteiger partial charge in [-0.2, -0.15) is 5.10 Å². The van der Waals surface area contributed by atoms with Gasteiger partial charge in [0.25, 0.3) is 0 Å². The molecule has 0 aliphatic carbocycles. The smallest absolute Gasteiger partial charge is 0.161 e. The van der Waals surface area contributed by atoms with Crippen molar-refractivity contribution in [3.05, 3.63) is 65.1 Å². The Kier molecular flexibility index (Phi) is 4.20. The number of nitrogens with zero attached hydrogens (tertiary/aromatic N) is 2. The molecule has 1 aliphatic rings. The molecule has 0 saturated carbocycles. The molecule has 0 atom stereocenters. The van der Waals surface area contributed by atoms with Crippen LogP contribution in [0.25, 0.3) is 22.0 Å². The van der Waals surface area contributed by atoms with Gasteiger partial charge in [-0.25, -0.2) is 0 Å². The number of rotatable bonds is 3. The zero-order chi connectivity index (χ0) is 19.1. The molecule has 1 aromatic heterocycles. The molecule has 28 heavy (non-hydrogen) atoms. The highest BCUT2D eigenvalue weighted by Gasteiger charge is 2.16. The molecule has 0 radical (unpaired) electrons. The quantitative estimate of drug-likeness (QED) is 0.460. The molecule has 5 rings (SSSR count). The van der Waals surface area contributed by atoms with Crippen LogP contribution < -0.4 is 14.8 Å². The van der Waals surface area contributed by atoms with Crippen molar-refractivity contribution in [3.63, 3.8) is 0 Å². The van der Waals surface area contributed by atoms with Gasteiger partial charge >= 0.3 is 0 Å². The zero-order valence-electron chi connectivity index (χ0n) is 15.3. The van der Waals surface area contributed by atoms with Gasteiger partial charge in [0.1, 0.15) is 13.2 Å². The number of aryl methyl sites for hydroxylation is 1. The number of hydrogen-bond acceptors (Lipinski definition) is 4. The molecular formula is C22H18BrN3O2. The highest BCUT2D eigenvalue weighted by atomic mass is 79.9. The third kappa shape index (κ3) is 2.90. The van der Waals surface area contributed by atoms with E-state index in [4.69, 9.17) is 9.47 Å². The van der Waals surface area contributed by atoms with Crippen LogP contribution in [0.15, 0.2) is 65.1 Å². The van der Waals surface area contributed by atoms with Crippen LogP contribution in [-0.4, -0.2) is 23.0 Å². The molecule has 0 saturated heterocycles. The lowest BCUT2D eigenvalue weighted by Gasteiger charge is -2.19. The maximum atomic E-state index is 5.73. The number of ether oxygens (including phenoxy) is 2. The van der Waals surface area contributed by atoms with Crippen LogP contribution in [0.1, 0.15) is 0 Å². The lowest BCUT2D eigenvalue weighted by molar-refractivity contribution is 0.171. The highest BCUT2D eigenvalue weighted by Crippen LogP contribution is 2.40. The summed E-state index contributed by atoms with van der Waals surface area (Å²) in [5.74, 6) is 2.41. The predicted octanol–water partition coefficient (Wildman–Crippen LogP) is 5.52. The maximum Gasteiger partial charge on any atom is 0.161 e. The predicted molar refractivity (Wildman–Crippen MR) is 115 cm³/mol. The Balaban J connectivity index is 1.54. The maximum absolute atomic E-state index is 5.73. The van der Waals surface area contributed by atoms with Crippen molar-refractivity contribution in [2.75, 3.05) is 18.5 Å². The van der Waals surface area contributed by atoms with Crippen LogP contribution in [0.5, 0.6) is 11.5 Å². The van der Waals surface area contributed by atoms with E-state index in [1.165, 1.54) is 0 Å². The van der Waals surface area contributed by atoms with Gasteiger partial charge in [0.2, 0.25) is 0 Å². The van der Waals surface area contributed by atoms with Gasteiger partial charge in [0.15, 0.2) is 17.3 Å². The average molecular weight is 436 g/mol. The number of nitrogens with one attached hydrogen (secondary N) is 1. The Morgan fingerprint density at radius 2 is 1.79 bits per heavy atom. The molecular weight excluding hydrogens is 418 g/mol. The van der Waals surface area contributed by atoms with Crippen molar-refractivity contribution in [2.45, 2.75) is 0 Å². The van der Waals surface area contributed by atoms with E-state index < -0.39 is 0 Å². The number of halogens is 1. The minimum Gasteiger partial charge on any atom is -0.486 e. The van der Waals surface area contributed by atoms with E-state index in [1.807, 2.05) is 54.2 Å². The zero-order valence-corrected chi connectivity index (χ0v) is 16.9. The summed E-state index contributed by atoms with van der Waals surface area (Å²) in [5, 5.41) is 9.19. The number of hydrogen-bond donors (Lipinski definition) is 1. The Hall–Kier alpha value is -2.99. The van der Waals surface area contributed by atoms with Crippen molar-refractivity contribution < 1.29 is 9.47 Å². The van der Waals surface area contributed by atoms with E-state index in [2.05, 4.69) is 44.5 Å². The van der Waals surface area contributed by atoms with Gasteiger partial charge in [0, 0.05) is 16.9 Å². The fraction of sp³-hybridized carbons (Fsp3) is 0.136. The van der Waals surface area contributed by atoms with Crippen LogP contribution in [0.2, 0.25) is 0 Å². The third-order valence-electron chi connectivity index (χ3n) is 4.86. The fourth-order valence-electron chi connectivity index (χ4n) is 3.50. The Morgan fingerprint density at radius 3 is 2.68 bits per heavy atom. The highest BCUT2D eigenvalue weighted by molar-refractivity contribution is 9.10. The summed E-state index contributed by atoms with van der Waals surface area (Å²) in [4.78, 5) is 0. The van der Waals surface area contributed by atoms with Gasteiger partial charge in [-0.3, -0.25) is 4.68 Å². The average Bonchev–Trinajstić information content (AvgIpc) is 3.05. The summed E-state index contributed by atoms with van der Waals surface area (Å²) >= 11 is 3.77. The van der Waals surface area contributed by atoms with Gasteiger partial charge in [-0.1, -0.05) is 30.3 Å². The van der Waals surface area contributed by atoms with Gasteiger partial charge in [-0.05, 0) is 57.4 Å². The van der Waals surface area contributed by atoms with Crippen LogP contribution in [0.3, 0.4) is 0 Å². The van der Waals surface area contributed by atoms with Crippen LogP contribution in [0.4, 0.5) is 11.5 Å². The van der Waals surface area contributed by atoms with Crippen LogP contribution in [0, 0.1) is 0 Å². The van der Waals surface area contributed by atoms with Crippen LogP contribution >= 0.6 is 15.9 Å². The van der Waals surface area contributed by atoms with Gasteiger partial charge in [0.05, 0.1) is 11.2 Å². The number of aromatic nitrogens is 2. The second kappa shape index (κ2) is 6.87. The molecule has 1 aliphatic heterocycles. The molecule has 5 nitrogen and oxygen atoms in total. The minimum atomic E-state index is 0.575. The first-order valence-corrected chi connectivity index (χ1v) is 9.87. The van der Waals surface area contributed by atoms with Crippen molar-refractivity contribution in [1.82, 2.24) is 9.78 Å². The topological polar surface area (TPSA) is 48.3 Å². The number of fused-ring (bicyclic) bond motifs is 2. The molecule has 0 fully saturated rings. The largest absolute Gasteiger partial charge is 0.486 e. The monoisotopic (exact) mass is 435 g/mol. The first kappa shape index (κ1) is 17.1. The molecule has 0 unspecified atom stereocenters. The second-order valence-corrected chi connectivity index (χ2v) is 7.43. The van der Waals surface area contributed by atoms with E-state index in [0.29, 0.717) is 13.2 Å². The molecule has 3 aromatic carbocycles. The summed E-state index contributed by atoms with van der Waals surface area (Å²) in [6.07, 6.45) is 0. The molecule has 1 N–H and O–H groups in total. The lowest BCUT2D eigenvalue weighted by Crippen LogP contribution is -2.15. The molecule has 0 bridgehead atoms. The summed E-state index contributed by atoms with van der Waals surface area (Å²) in [5.41, 5.74) is 4.17. The normalized spacial score (nSPS) is 12.9. The standard InChI is InChI=1S/C22H18BrN3O2/c1-26-18-8-3-2-5-16(18)22(25-26)24-17-7-4-6-15(21(17)23)14-9-10-19-20(13-14)28-12-11-27-19/h2-10,13H,11-12H2,1H3,(H,24,25). The Morgan fingerprint density at radius 1 is 0.964 bits per heavy atom. The van der Waals surface area contributed by atoms with E-state index in [1.54, 1.807) is 0 Å². The van der Waals surface area contributed by atoms with Crippen molar-refractivity contribution in [2.24, 2.45) is 7.05 Å². The van der Waals surface area contributed by atoms with Crippen molar-refractivity contribution in [3.8, 4) is 22.6 Å². The molecule has 0 spiro atoms. The van der Waals surface area contributed by atoms with Crippen molar-refractivity contribution in [1.29, 1.82) is 0 Å². The third-order valence-corrected chi connectivity index (χ3v) is 5.72. The summed E-state index contributed by atoms with van der Waals surface area (Å²) in [7, 11) is 1.95. The molecule has 2 heterocycles. The molecule has 4 aromatic rings.